The number of ether oxygens (including phenoxy) is 2. The van der Waals surface area contributed by atoms with E-state index >= 15 is 0 Å². The maximum absolute atomic E-state index is 13.4. The Labute approximate surface area is 139 Å². The lowest BCUT2D eigenvalue weighted by atomic mass is 10.2. The number of hydrogen-bond donors (Lipinski definition) is 1. The van der Waals surface area contributed by atoms with Crippen LogP contribution in [0.15, 0.2) is 48.5 Å². The Morgan fingerprint density at radius 2 is 1.75 bits per heavy atom. The van der Waals surface area contributed by atoms with E-state index in [9.17, 15) is 14.0 Å². The van der Waals surface area contributed by atoms with E-state index in [0.29, 0.717) is 5.75 Å². The summed E-state index contributed by atoms with van der Waals surface area (Å²) in [6.07, 6.45) is 0. The molecule has 2 aromatic rings. The summed E-state index contributed by atoms with van der Waals surface area (Å²) in [6.45, 7) is 1.90. The molecule has 0 spiro atoms. The molecule has 0 radical (unpaired) electrons. The number of aryl methyl sites for hydroxylation is 1. The summed E-state index contributed by atoms with van der Waals surface area (Å²) < 4.78 is 23.7. The SMILES string of the molecule is Cc1ccc(OCCOC(=O)CNC(=O)c2ccccc2F)cc1. The molecule has 0 aromatic heterocycles. The molecule has 24 heavy (non-hydrogen) atoms. The van der Waals surface area contributed by atoms with E-state index in [1.165, 1.54) is 18.2 Å². The molecule has 126 valence electrons. The van der Waals surface area contributed by atoms with E-state index < -0.39 is 17.7 Å². The molecule has 1 N–H and O–H groups in total. The van der Waals surface area contributed by atoms with Crippen molar-refractivity contribution in [1.82, 2.24) is 5.32 Å². The van der Waals surface area contributed by atoms with Crippen LogP contribution in [0.4, 0.5) is 4.39 Å². The molecule has 0 aliphatic carbocycles. The molecule has 0 fully saturated rings. The van der Waals surface area contributed by atoms with Crippen molar-refractivity contribution in [2.24, 2.45) is 0 Å². The number of esters is 1. The van der Waals surface area contributed by atoms with E-state index in [4.69, 9.17) is 9.47 Å². The minimum Gasteiger partial charge on any atom is -0.490 e. The Hall–Kier alpha value is -2.89. The highest BCUT2D eigenvalue weighted by Gasteiger charge is 2.12. The van der Waals surface area contributed by atoms with Gasteiger partial charge in [0.05, 0.1) is 5.56 Å². The second-order valence-electron chi connectivity index (χ2n) is 5.04. The zero-order valence-electron chi connectivity index (χ0n) is 13.3. The van der Waals surface area contributed by atoms with Crippen LogP contribution in [-0.2, 0) is 9.53 Å². The van der Waals surface area contributed by atoms with Gasteiger partial charge in [0.25, 0.3) is 5.91 Å². The Balaban J connectivity index is 1.65. The van der Waals surface area contributed by atoms with Gasteiger partial charge in [0.15, 0.2) is 0 Å². The Morgan fingerprint density at radius 3 is 2.46 bits per heavy atom. The highest BCUT2D eigenvalue weighted by Crippen LogP contribution is 2.11. The van der Waals surface area contributed by atoms with Crippen molar-refractivity contribution in [3.63, 3.8) is 0 Å². The normalized spacial score (nSPS) is 10.1. The van der Waals surface area contributed by atoms with Crippen molar-refractivity contribution in [3.05, 3.63) is 65.5 Å². The van der Waals surface area contributed by atoms with Crippen LogP contribution >= 0.6 is 0 Å². The first-order valence-electron chi connectivity index (χ1n) is 7.44. The third-order valence-electron chi connectivity index (χ3n) is 3.15. The van der Waals surface area contributed by atoms with Gasteiger partial charge >= 0.3 is 5.97 Å². The van der Waals surface area contributed by atoms with Gasteiger partial charge in [-0.05, 0) is 31.2 Å². The zero-order valence-corrected chi connectivity index (χ0v) is 13.3. The van der Waals surface area contributed by atoms with Crippen molar-refractivity contribution in [2.45, 2.75) is 6.92 Å². The van der Waals surface area contributed by atoms with Crippen molar-refractivity contribution in [1.29, 1.82) is 0 Å². The molecule has 2 aromatic carbocycles. The molecule has 0 saturated carbocycles. The maximum Gasteiger partial charge on any atom is 0.325 e. The van der Waals surface area contributed by atoms with Gasteiger partial charge < -0.3 is 14.8 Å². The van der Waals surface area contributed by atoms with Crippen LogP contribution in [0.5, 0.6) is 5.75 Å². The van der Waals surface area contributed by atoms with Gasteiger partial charge in [-0.1, -0.05) is 29.8 Å². The molecular formula is C18H18FNO4. The molecule has 2 rings (SSSR count). The first kappa shape index (κ1) is 17.5. The zero-order chi connectivity index (χ0) is 17.4. The summed E-state index contributed by atoms with van der Waals surface area (Å²) in [5.41, 5.74) is 1.01. The number of amides is 1. The fourth-order valence-electron chi connectivity index (χ4n) is 1.89. The summed E-state index contributed by atoms with van der Waals surface area (Å²) in [6, 6.07) is 13.0. The molecule has 0 saturated heterocycles. The number of carbonyl (C=O) groups is 2. The van der Waals surface area contributed by atoms with Gasteiger partial charge in [-0.25, -0.2) is 4.39 Å². The summed E-state index contributed by atoms with van der Waals surface area (Å²) in [7, 11) is 0. The van der Waals surface area contributed by atoms with Crippen molar-refractivity contribution in [3.8, 4) is 5.75 Å². The topological polar surface area (TPSA) is 64.6 Å². The number of carbonyl (C=O) groups excluding carboxylic acids is 2. The number of halogens is 1. The van der Waals surface area contributed by atoms with E-state index in [-0.39, 0.29) is 25.3 Å². The molecular weight excluding hydrogens is 313 g/mol. The Kier molecular flexibility index (Phi) is 6.31. The third-order valence-corrected chi connectivity index (χ3v) is 3.15. The van der Waals surface area contributed by atoms with Crippen LogP contribution in [0.2, 0.25) is 0 Å². The van der Waals surface area contributed by atoms with E-state index in [2.05, 4.69) is 5.32 Å². The molecule has 0 unspecified atom stereocenters. The highest BCUT2D eigenvalue weighted by molar-refractivity contribution is 5.96. The van der Waals surface area contributed by atoms with Crippen LogP contribution in [0.3, 0.4) is 0 Å². The number of nitrogens with one attached hydrogen (secondary N) is 1. The largest absolute Gasteiger partial charge is 0.490 e. The van der Waals surface area contributed by atoms with Crippen LogP contribution in [0.1, 0.15) is 15.9 Å². The first-order chi connectivity index (χ1) is 11.6. The summed E-state index contributed by atoms with van der Waals surface area (Å²) in [5.74, 6) is -1.24. The maximum atomic E-state index is 13.4. The predicted octanol–water partition coefficient (Wildman–Crippen LogP) is 2.49. The second kappa shape index (κ2) is 8.67. The quantitative estimate of drug-likeness (QED) is 0.625. The van der Waals surface area contributed by atoms with Crippen molar-refractivity contribution < 1.29 is 23.5 Å². The number of benzene rings is 2. The summed E-state index contributed by atoms with van der Waals surface area (Å²) in [5, 5.41) is 2.31. The summed E-state index contributed by atoms with van der Waals surface area (Å²) in [4.78, 5) is 23.3. The average molecular weight is 331 g/mol. The van der Waals surface area contributed by atoms with Crippen molar-refractivity contribution in [2.75, 3.05) is 19.8 Å². The van der Waals surface area contributed by atoms with E-state index in [0.717, 1.165) is 5.56 Å². The van der Waals surface area contributed by atoms with Gasteiger partial charge in [-0.15, -0.1) is 0 Å². The minimum absolute atomic E-state index is 0.0578. The van der Waals surface area contributed by atoms with E-state index in [1.807, 2.05) is 31.2 Å². The lowest BCUT2D eigenvalue weighted by Gasteiger charge is -2.08. The fourth-order valence-corrected chi connectivity index (χ4v) is 1.89. The van der Waals surface area contributed by atoms with Gasteiger partial charge in [0, 0.05) is 0 Å². The van der Waals surface area contributed by atoms with Crippen LogP contribution < -0.4 is 10.1 Å². The first-order valence-corrected chi connectivity index (χ1v) is 7.44. The molecule has 0 aliphatic heterocycles. The lowest BCUT2D eigenvalue weighted by molar-refractivity contribution is -0.143. The highest BCUT2D eigenvalue weighted by atomic mass is 19.1. The van der Waals surface area contributed by atoms with Gasteiger partial charge in [-0.2, -0.15) is 0 Å². The molecule has 6 heteroatoms. The van der Waals surface area contributed by atoms with Crippen LogP contribution in [0, 0.1) is 12.7 Å². The molecule has 0 bridgehead atoms. The van der Waals surface area contributed by atoms with Crippen LogP contribution in [-0.4, -0.2) is 31.6 Å². The van der Waals surface area contributed by atoms with Crippen molar-refractivity contribution >= 4 is 11.9 Å². The standard InChI is InChI=1S/C18H18FNO4/c1-13-6-8-14(9-7-13)23-10-11-24-17(21)12-20-18(22)15-4-2-3-5-16(15)19/h2-9H,10-12H2,1H3,(H,20,22). The Bertz CT molecular complexity index is 700. The molecule has 0 aliphatic rings. The molecule has 1 amide bonds. The summed E-state index contributed by atoms with van der Waals surface area (Å²) >= 11 is 0. The third kappa shape index (κ3) is 5.39. The van der Waals surface area contributed by atoms with Gasteiger partial charge in [0.1, 0.15) is 31.3 Å². The minimum atomic E-state index is -0.666. The van der Waals surface area contributed by atoms with Gasteiger partial charge in [0.2, 0.25) is 0 Å². The monoisotopic (exact) mass is 331 g/mol. The lowest BCUT2D eigenvalue weighted by Crippen LogP contribution is -2.31. The number of rotatable bonds is 7. The molecule has 0 atom stereocenters. The van der Waals surface area contributed by atoms with Crippen LogP contribution in [0.25, 0.3) is 0 Å². The fraction of sp³-hybridized carbons (Fsp3) is 0.222. The molecule has 0 heterocycles. The smallest absolute Gasteiger partial charge is 0.325 e. The Morgan fingerprint density at radius 1 is 1.04 bits per heavy atom. The predicted molar refractivity (Wildman–Crippen MR) is 86.4 cm³/mol. The van der Waals surface area contributed by atoms with Gasteiger partial charge in [-0.3, -0.25) is 9.59 Å². The second-order valence-corrected chi connectivity index (χ2v) is 5.04. The molecule has 5 nitrogen and oxygen atoms in total. The number of hydrogen-bond acceptors (Lipinski definition) is 4. The van der Waals surface area contributed by atoms with E-state index in [1.54, 1.807) is 6.07 Å². The average Bonchev–Trinajstić information content (AvgIpc) is 2.58.